The molecule has 0 unspecified atom stereocenters. The van der Waals surface area contributed by atoms with Gasteiger partial charge < -0.3 is 9.15 Å². The van der Waals surface area contributed by atoms with Crippen molar-refractivity contribution in [3.63, 3.8) is 0 Å². The Kier molecular flexibility index (Phi) is 5.44. The number of esters is 1. The molecule has 0 aliphatic heterocycles. The first-order valence-corrected chi connectivity index (χ1v) is 9.86. The van der Waals surface area contributed by atoms with Crippen LogP contribution in [-0.2, 0) is 10.5 Å². The van der Waals surface area contributed by atoms with Crippen molar-refractivity contribution in [1.29, 1.82) is 0 Å². The van der Waals surface area contributed by atoms with Crippen molar-refractivity contribution in [2.24, 2.45) is 0 Å². The van der Waals surface area contributed by atoms with E-state index in [1.807, 2.05) is 47.9 Å². The summed E-state index contributed by atoms with van der Waals surface area (Å²) in [5, 5.41) is 9.51. The van der Waals surface area contributed by atoms with E-state index in [2.05, 4.69) is 15.2 Å². The molecule has 0 radical (unpaired) electrons. The maximum atomic E-state index is 11.9. The number of aromatic nitrogens is 4. The fraction of sp³-hybridized carbons (Fsp3) is 0.143. The molecule has 3 aromatic heterocycles. The average Bonchev–Trinajstić information content (AvgIpc) is 3.40. The lowest BCUT2D eigenvalue weighted by molar-refractivity contribution is 0.0564. The Morgan fingerprint density at radius 1 is 1.10 bits per heavy atom. The second-order valence-electron chi connectivity index (χ2n) is 6.27. The Morgan fingerprint density at radius 3 is 2.59 bits per heavy atom. The third-order valence-electron chi connectivity index (χ3n) is 4.34. The fourth-order valence-corrected chi connectivity index (χ4v) is 3.77. The normalized spacial score (nSPS) is 10.8. The summed E-state index contributed by atoms with van der Waals surface area (Å²) in [7, 11) is 1.33. The first-order valence-electron chi connectivity index (χ1n) is 8.87. The number of hydrogen-bond acceptors (Lipinski definition) is 7. The van der Waals surface area contributed by atoms with Gasteiger partial charge in [-0.3, -0.25) is 9.55 Å². The molecule has 0 bridgehead atoms. The second kappa shape index (κ2) is 8.32. The van der Waals surface area contributed by atoms with Crippen molar-refractivity contribution >= 4 is 17.7 Å². The number of hydrogen-bond donors (Lipinski definition) is 0. The quantitative estimate of drug-likeness (QED) is 0.348. The van der Waals surface area contributed by atoms with Crippen LogP contribution in [-0.4, -0.2) is 32.8 Å². The zero-order chi connectivity index (χ0) is 20.2. The van der Waals surface area contributed by atoms with Crippen LogP contribution in [0.15, 0.2) is 70.7 Å². The van der Waals surface area contributed by atoms with Crippen LogP contribution in [0.4, 0.5) is 0 Å². The maximum absolute atomic E-state index is 11.9. The number of carbonyl (C=O) groups excluding carboxylic acids is 1. The summed E-state index contributed by atoms with van der Waals surface area (Å²) in [6, 6.07) is 13.7. The van der Waals surface area contributed by atoms with Crippen molar-refractivity contribution in [2.45, 2.75) is 17.8 Å². The predicted octanol–water partition coefficient (Wildman–Crippen LogP) is 4.31. The van der Waals surface area contributed by atoms with Crippen LogP contribution in [0.3, 0.4) is 0 Å². The van der Waals surface area contributed by atoms with E-state index in [9.17, 15) is 4.79 Å². The Balaban J connectivity index is 1.70. The van der Waals surface area contributed by atoms with Gasteiger partial charge in [-0.15, -0.1) is 10.2 Å². The maximum Gasteiger partial charge on any atom is 0.374 e. The van der Waals surface area contributed by atoms with Crippen LogP contribution in [0.25, 0.3) is 17.1 Å². The number of nitrogens with zero attached hydrogens (tertiary/aromatic N) is 4. The van der Waals surface area contributed by atoms with Crippen molar-refractivity contribution in [3.8, 4) is 17.1 Å². The number of methoxy groups -OCH3 is 1. The van der Waals surface area contributed by atoms with E-state index in [1.165, 1.54) is 30.7 Å². The van der Waals surface area contributed by atoms with Gasteiger partial charge in [-0.05, 0) is 37.3 Å². The number of carbonyl (C=O) groups is 1. The van der Waals surface area contributed by atoms with Gasteiger partial charge >= 0.3 is 5.97 Å². The first kappa shape index (κ1) is 18.9. The Labute approximate surface area is 171 Å². The summed E-state index contributed by atoms with van der Waals surface area (Å²) < 4.78 is 12.0. The highest BCUT2D eigenvalue weighted by Crippen LogP contribution is 2.30. The standard InChI is InChI=1S/C21H18N4O3S/c1-14-3-5-17(6-4-14)25-19(15-7-10-22-11-8-15)23-24-21(25)29-13-16-9-12-28-18(16)20(26)27-2/h3-12H,13H2,1-2H3. The molecule has 1 aromatic carbocycles. The second-order valence-corrected chi connectivity index (χ2v) is 7.21. The minimum Gasteiger partial charge on any atom is -0.463 e. The smallest absolute Gasteiger partial charge is 0.374 e. The molecule has 146 valence electrons. The van der Waals surface area contributed by atoms with Crippen molar-refractivity contribution in [2.75, 3.05) is 7.11 Å². The molecule has 0 aliphatic carbocycles. The molecular formula is C21H18N4O3S. The molecule has 0 saturated carbocycles. The number of furan rings is 1. The van der Waals surface area contributed by atoms with Crippen molar-refractivity contribution < 1.29 is 13.9 Å². The molecule has 0 N–H and O–H groups in total. The van der Waals surface area contributed by atoms with E-state index in [4.69, 9.17) is 9.15 Å². The monoisotopic (exact) mass is 406 g/mol. The highest BCUT2D eigenvalue weighted by atomic mass is 32.2. The average molecular weight is 406 g/mol. The van der Waals surface area contributed by atoms with E-state index in [-0.39, 0.29) is 5.76 Å². The third kappa shape index (κ3) is 3.93. The lowest BCUT2D eigenvalue weighted by Gasteiger charge is -2.10. The van der Waals surface area contributed by atoms with Gasteiger partial charge in [-0.2, -0.15) is 0 Å². The zero-order valence-corrected chi connectivity index (χ0v) is 16.7. The van der Waals surface area contributed by atoms with Crippen molar-refractivity contribution in [1.82, 2.24) is 19.7 Å². The minimum absolute atomic E-state index is 0.204. The van der Waals surface area contributed by atoms with E-state index in [0.29, 0.717) is 10.9 Å². The van der Waals surface area contributed by atoms with Gasteiger partial charge in [0.25, 0.3) is 0 Å². The SMILES string of the molecule is COC(=O)c1occc1CSc1nnc(-c2ccncc2)n1-c1ccc(C)cc1. The number of benzene rings is 1. The topological polar surface area (TPSA) is 83.0 Å². The molecular weight excluding hydrogens is 388 g/mol. The lowest BCUT2D eigenvalue weighted by atomic mass is 10.2. The molecule has 4 rings (SSSR count). The van der Waals surface area contributed by atoms with Gasteiger partial charge in [0.05, 0.1) is 13.4 Å². The molecule has 0 saturated heterocycles. The number of rotatable bonds is 6. The van der Waals surface area contributed by atoms with E-state index >= 15 is 0 Å². The van der Waals surface area contributed by atoms with Gasteiger partial charge in [-0.1, -0.05) is 29.5 Å². The summed E-state index contributed by atoms with van der Waals surface area (Å²) in [4.78, 5) is 15.9. The largest absolute Gasteiger partial charge is 0.463 e. The molecule has 0 amide bonds. The minimum atomic E-state index is -0.497. The highest BCUT2D eigenvalue weighted by Gasteiger charge is 2.19. The van der Waals surface area contributed by atoms with Crippen LogP contribution in [0, 0.1) is 6.92 Å². The van der Waals surface area contributed by atoms with Crippen LogP contribution in [0.1, 0.15) is 21.7 Å². The number of ether oxygens (including phenoxy) is 1. The Bertz CT molecular complexity index is 1120. The van der Waals surface area contributed by atoms with Crippen LogP contribution in [0.5, 0.6) is 0 Å². The zero-order valence-electron chi connectivity index (χ0n) is 15.9. The van der Waals surface area contributed by atoms with E-state index in [0.717, 1.165) is 22.6 Å². The molecule has 0 aliphatic rings. The molecule has 29 heavy (non-hydrogen) atoms. The number of aryl methyl sites for hydroxylation is 1. The van der Waals surface area contributed by atoms with Crippen molar-refractivity contribution in [3.05, 3.63) is 78.0 Å². The molecule has 3 heterocycles. The summed E-state index contributed by atoms with van der Waals surface area (Å²) in [6.07, 6.45) is 4.93. The predicted molar refractivity (Wildman–Crippen MR) is 109 cm³/mol. The molecule has 0 spiro atoms. The van der Waals surface area contributed by atoms with E-state index < -0.39 is 5.97 Å². The van der Waals surface area contributed by atoms with Crippen LogP contribution >= 0.6 is 11.8 Å². The molecule has 7 nitrogen and oxygen atoms in total. The molecule has 0 fully saturated rings. The summed E-state index contributed by atoms with van der Waals surface area (Å²) in [5.74, 6) is 0.916. The van der Waals surface area contributed by atoms with Crippen LogP contribution < -0.4 is 0 Å². The van der Waals surface area contributed by atoms with Gasteiger partial charge in [0.1, 0.15) is 0 Å². The Morgan fingerprint density at radius 2 is 1.86 bits per heavy atom. The highest BCUT2D eigenvalue weighted by molar-refractivity contribution is 7.98. The molecule has 4 aromatic rings. The number of thioether (sulfide) groups is 1. The molecule has 0 atom stereocenters. The first-order chi connectivity index (χ1) is 14.2. The fourth-order valence-electron chi connectivity index (χ4n) is 2.84. The summed E-state index contributed by atoms with van der Waals surface area (Å²) in [6.45, 7) is 2.04. The van der Waals surface area contributed by atoms with Gasteiger partial charge in [-0.25, -0.2) is 4.79 Å². The summed E-state index contributed by atoms with van der Waals surface area (Å²) in [5.41, 5.74) is 3.78. The molecule has 8 heteroatoms. The van der Waals surface area contributed by atoms with Gasteiger partial charge in [0.2, 0.25) is 5.76 Å². The third-order valence-corrected chi connectivity index (χ3v) is 5.32. The van der Waals surface area contributed by atoms with Gasteiger partial charge in [0.15, 0.2) is 11.0 Å². The van der Waals surface area contributed by atoms with E-state index in [1.54, 1.807) is 18.5 Å². The number of pyridine rings is 1. The van der Waals surface area contributed by atoms with Gasteiger partial charge in [0, 0.05) is 35.0 Å². The Hall–Kier alpha value is -3.39. The lowest BCUT2D eigenvalue weighted by Crippen LogP contribution is -2.03. The van der Waals surface area contributed by atoms with Crippen LogP contribution in [0.2, 0.25) is 0 Å². The summed E-state index contributed by atoms with van der Waals surface area (Å²) >= 11 is 1.47.